The monoisotopic (exact) mass is 360 g/mol. The van der Waals surface area contributed by atoms with E-state index in [1.165, 1.54) is 59.2 Å². The Morgan fingerprint density at radius 1 is 1.21 bits per heavy atom. The maximum absolute atomic E-state index is 6.79. The minimum atomic E-state index is 0.234. The first-order valence-electron chi connectivity index (χ1n) is 7.55. The molecular weight excluding hydrogens is 340 g/mol. The molecule has 4 unspecified atom stereocenters. The summed E-state index contributed by atoms with van der Waals surface area (Å²) in [6.07, 6.45) is 9.98. The lowest BCUT2D eigenvalue weighted by atomic mass is 9.67. The van der Waals surface area contributed by atoms with E-state index in [0.717, 1.165) is 11.8 Å². The van der Waals surface area contributed by atoms with Gasteiger partial charge < -0.3 is 0 Å². The lowest BCUT2D eigenvalue weighted by Gasteiger charge is -2.40. The summed E-state index contributed by atoms with van der Waals surface area (Å²) in [5.41, 5.74) is 1.33. The van der Waals surface area contributed by atoms with E-state index in [-0.39, 0.29) is 5.38 Å². The summed E-state index contributed by atoms with van der Waals surface area (Å²) < 4.78 is 1.25. The molecule has 0 N–H and O–H groups in total. The summed E-state index contributed by atoms with van der Waals surface area (Å²) in [6, 6.07) is 2.28. The number of thiophene rings is 1. The first-order valence-corrected chi connectivity index (χ1v) is 9.59. The van der Waals surface area contributed by atoms with E-state index in [9.17, 15) is 0 Å². The molecular formula is C16H22BrClS. The van der Waals surface area contributed by atoms with Crippen LogP contribution >= 0.6 is 38.9 Å². The topological polar surface area (TPSA) is 0 Å². The smallest absolute Gasteiger partial charge is 0.0731 e. The van der Waals surface area contributed by atoms with Gasteiger partial charge in [0, 0.05) is 4.88 Å². The summed E-state index contributed by atoms with van der Waals surface area (Å²) in [4.78, 5) is 1.37. The minimum Gasteiger partial charge on any atom is -0.131 e. The van der Waals surface area contributed by atoms with Gasteiger partial charge in [-0.1, -0.05) is 25.7 Å². The zero-order valence-corrected chi connectivity index (χ0v) is 14.7. The van der Waals surface area contributed by atoms with E-state index in [4.69, 9.17) is 11.6 Å². The van der Waals surface area contributed by atoms with Crippen LogP contribution in [0.1, 0.15) is 60.8 Å². The van der Waals surface area contributed by atoms with Crippen LogP contribution in [0.3, 0.4) is 0 Å². The van der Waals surface area contributed by atoms with Gasteiger partial charge in [0.1, 0.15) is 0 Å². The molecule has 4 atom stereocenters. The van der Waals surface area contributed by atoms with Gasteiger partial charge in [0.05, 0.1) is 9.16 Å². The van der Waals surface area contributed by atoms with Crippen LogP contribution in [0.25, 0.3) is 0 Å². The first kappa shape index (κ1) is 14.4. The van der Waals surface area contributed by atoms with E-state index in [2.05, 4.69) is 28.9 Å². The van der Waals surface area contributed by atoms with Crippen molar-refractivity contribution in [1.82, 2.24) is 0 Å². The Morgan fingerprint density at radius 2 is 1.95 bits per heavy atom. The summed E-state index contributed by atoms with van der Waals surface area (Å²) >= 11 is 12.2. The second-order valence-corrected chi connectivity index (χ2v) is 9.26. The van der Waals surface area contributed by atoms with Gasteiger partial charge in [-0.3, -0.25) is 0 Å². The van der Waals surface area contributed by atoms with Crippen LogP contribution in [-0.2, 0) is 0 Å². The first-order chi connectivity index (χ1) is 9.15. The Morgan fingerprint density at radius 3 is 2.63 bits per heavy atom. The second kappa shape index (κ2) is 6.07. The predicted octanol–water partition coefficient (Wildman–Crippen LogP) is 6.71. The van der Waals surface area contributed by atoms with E-state index >= 15 is 0 Å². The van der Waals surface area contributed by atoms with Gasteiger partial charge in [-0.05, 0) is 71.5 Å². The molecule has 0 amide bonds. The molecule has 0 aromatic carbocycles. The van der Waals surface area contributed by atoms with Gasteiger partial charge in [0.25, 0.3) is 0 Å². The SMILES string of the molecule is Cc1cc(C(Cl)C2CCC3CCCCC3C2)sc1Br. The van der Waals surface area contributed by atoms with Gasteiger partial charge in [0.2, 0.25) is 0 Å². The Balaban J connectivity index is 1.68. The molecule has 106 valence electrons. The zero-order valence-electron chi connectivity index (χ0n) is 11.5. The summed E-state index contributed by atoms with van der Waals surface area (Å²) in [5.74, 6) is 2.69. The number of halogens is 2. The Bertz CT molecular complexity index is 422. The van der Waals surface area contributed by atoms with Crippen molar-refractivity contribution < 1.29 is 0 Å². The minimum absolute atomic E-state index is 0.234. The average molecular weight is 362 g/mol. The number of hydrogen-bond donors (Lipinski definition) is 0. The lowest BCUT2D eigenvalue weighted by molar-refractivity contribution is 0.128. The normalized spacial score (nSPS) is 32.9. The molecule has 0 saturated heterocycles. The third kappa shape index (κ3) is 3.06. The zero-order chi connectivity index (χ0) is 13.4. The van der Waals surface area contributed by atoms with Crippen LogP contribution in [0, 0.1) is 24.7 Å². The average Bonchev–Trinajstić information content (AvgIpc) is 2.77. The molecule has 3 heteroatoms. The third-order valence-corrected chi connectivity index (χ3v) is 8.08. The molecule has 1 aromatic heterocycles. The number of fused-ring (bicyclic) bond motifs is 1. The van der Waals surface area contributed by atoms with Crippen LogP contribution in [-0.4, -0.2) is 0 Å². The van der Waals surface area contributed by atoms with Crippen molar-refractivity contribution in [2.45, 2.75) is 57.2 Å². The molecule has 19 heavy (non-hydrogen) atoms. The highest BCUT2D eigenvalue weighted by Gasteiger charge is 2.35. The number of hydrogen-bond acceptors (Lipinski definition) is 1. The standard InChI is InChI=1S/C16H22BrClS/c1-10-8-14(19-16(10)17)15(18)13-7-6-11-4-2-3-5-12(11)9-13/h8,11-13,15H,2-7,9H2,1H3. The van der Waals surface area contributed by atoms with Crippen LogP contribution in [0.2, 0.25) is 0 Å². The summed E-state index contributed by atoms with van der Waals surface area (Å²) in [6.45, 7) is 2.16. The highest BCUT2D eigenvalue weighted by Crippen LogP contribution is 2.49. The molecule has 1 aromatic rings. The van der Waals surface area contributed by atoms with Crippen LogP contribution in [0.4, 0.5) is 0 Å². The maximum atomic E-state index is 6.79. The molecule has 3 rings (SSSR count). The molecule has 0 bridgehead atoms. The molecule has 0 radical (unpaired) electrons. The number of rotatable bonds is 2. The van der Waals surface area contributed by atoms with Crippen molar-refractivity contribution in [2.75, 3.05) is 0 Å². The van der Waals surface area contributed by atoms with Crippen LogP contribution < -0.4 is 0 Å². The van der Waals surface area contributed by atoms with E-state index in [0.29, 0.717) is 5.92 Å². The van der Waals surface area contributed by atoms with Gasteiger partial charge in [-0.25, -0.2) is 0 Å². The van der Waals surface area contributed by atoms with Crippen molar-refractivity contribution in [1.29, 1.82) is 0 Å². The molecule has 1 heterocycles. The van der Waals surface area contributed by atoms with Gasteiger partial charge in [-0.15, -0.1) is 22.9 Å². The molecule has 0 aliphatic heterocycles. The molecule has 2 saturated carbocycles. The Kier molecular flexibility index (Phi) is 4.60. The van der Waals surface area contributed by atoms with Crippen molar-refractivity contribution >= 4 is 38.9 Å². The maximum Gasteiger partial charge on any atom is 0.0731 e. The Hall–Kier alpha value is 0.470. The summed E-state index contributed by atoms with van der Waals surface area (Å²) in [5, 5.41) is 0.234. The van der Waals surface area contributed by atoms with Crippen molar-refractivity contribution in [2.24, 2.45) is 17.8 Å². The quantitative estimate of drug-likeness (QED) is 0.514. The Labute approximate surface area is 134 Å². The predicted molar refractivity (Wildman–Crippen MR) is 88.1 cm³/mol. The third-order valence-electron chi connectivity index (χ3n) is 5.14. The number of aryl methyl sites for hydroxylation is 1. The van der Waals surface area contributed by atoms with Crippen molar-refractivity contribution in [3.8, 4) is 0 Å². The molecule has 2 aliphatic rings. The fraction of sp³-hybridized carbons (Fsp3) is 0.750. The fourth-order valence-corrected chi connectivity index (χ4v) is 6.10. The van der Waals surface area contributed by atoms with E-state index in [1.807, 2.05) is 11.3 Å². The molecule has 0 spiro atoms. The van der Waals surface area contributed by atoms with Crippen molar-refractivity contribution in [3.05, 3.63) is 20.3 Å². The van der Waals surface area contributed by atoms with E-state index < -0.39 is 0 Å². The van der Waals surface area contributed by atoms with Gasteiger partial charge >= 0.3 is 0 Å². The molecule has 2 fully saturated rings. The fourth-order valence-electron chi connectivity index (χ4n) is 4.03. The highest BCUT2D eigenvalue weighted by molar-refractivity contribution is 9.11. The highest BCUT2D eigenvalue weighted by atomic mass is 79.9. The molecule has 2 aliphatic carbocycles. The van der Waals surface area contributed by atoms with E-state index in [1.54, 1.807) is 0 Å². The largest absolute Gasteiger partial charge is 0.131 e. The van der Waals surface area contributed by atoms with Crippen LogP contribution in [0.15, 0.2) is 9.85 Å². The molecule has 0 nitrogen and oxygen atoms in total. The van der Waals surface area contributed by atoms with Crippen molar-refractivity contribution in [3.63, 3.8) is 0 Å². The summed E-state index contributed by atoms with van der Waals surface area (Å²) in [7, 11) is 0. The lowest BCUT2D eigenvalue weighted by Crippen LogP contribution is -2.29. The second-order valence-electron chi connectivity index (χ2n) is 6.38. The van der Waals surface area contributed by atoms with Gasteiger partial charge in [-0.2, -0.15) is 0 Å². The van der Waals surface area contributed by atoms with Gasteiger partial charge in [0.15, 0.2) is 0 Å². The number of alkyl halides is 1. The van der Waals surface area contributed by atoms with Crippen LogP contribution in [0.5, 0.6) is 0 Å².